The van der Waals surface area contributed by atoms with E-state index in [2.05, 4.69) is 168 Å². The molecule has 8 aromatic carbocycles. The molecular formula is C47H30N4. The maximum Gasteiger partial charge on any atom is 0.164 e. The number of nitrogens with zero attached hydrogens (tertiary/aromatic N) is 4. The van der Waals surface area contributed by atoms with Gasteiger partial charge in [0.25, 0.3) is 0 Å². The molecule has 10 aromatic rings. The lowest BCUT2D eigenvalue weighted by Gasteiger charge is -2.12. The van der Waals surface area contributed by atoms with E-state index in [1.165, 1.54) is 32.6 Å². The van der Waals surface area contributed by atoms with Gasteiger partial charge in [0.15, 0.2) is 17.5 Å². The highest BCUT2D eigenvalue weighted by Gasteiger charge is 2.17. The minimum absolute atomic E-state index is 0.641. The van der Waals surface area contributed by atoms with Crippen molar-refractivity contribution in [2.24, 2.45) is 0 Å². The lowest BCUT2D eigenvalue weighted by molar-refractivity contribution is 1.08. The second-order valence-electron chi connectivity index (χ2n) is 12.9. The first-order chi connectivity index (χ1) is 25.3. The number of rotatable bonds is 5. The maximum atomic E-state index is 5.14. The zero-order chi connectivity index (χ0) is 33.7. The summed E-state index contributed by atoms with van der Waals surface area (Å²) in [6.07, 6.45) is 0. The molecule has 0 amide bonds. The molecule has 4 nitrogen and oxygen atoms in total. The van der Waals surface area contributed by atoms with Gasteiger partial charge in [0.2, 0.25) is 0 Å². The van der Waals surface area contributed by atoms with Crippen molar-refractivity contribution in [2.75, 3.05) is 0 Å². The van der Waals surface area contributed by atoms with E-state index < -0.39 is 0 Å². The minimum Gasteiger partial charge on any atom is -0.309 e. The lowest BCUT2D eigenvalue weighted by Crippen LogP contribution is -2.00. The van der Waals surface area contributed by atoms with Gasteiger partial charge in [-0.15, -0.1) is 0 Å². The summed E-state index contributed by atoms with van der Waals surface area (Å²) in [6, 6.07) is 63.9. The van der Waals surface area contributed by atoms with Gasteiger partial charge in [0.1, 0.15) is 0 Å². The van der Waals surface area contributed by atoms with Crippen LogP contribution in [0, 0.1) is 0 Å². The zero-order valence-electron chi connectivity index (χ0n) is 27.6. The SMILES string of the molecule is c1ccc(-c2nc(-c3ccc(-c4ccc5c6ccccc6n(-c6ccccc6)c5c4)cc3)nc(-c3cc4ccccc4c4ccccc34)n2)cc1. The average molecular weight is 651 g/mol. The van der Waals surface area contributed by atoms with Gasteiger partial charge < -0.3 is 4.57 Å². The monoisotopic (exact) mass is 650 g/mol. The van der Waals surface area contributed by atoms with Gasteiger partial charge in [-0.1, -0.05) is 152 Å². The molecule has 0 aliphatic heterocycles. The van der Waals surface area contributed by atoms with Crippen LogP contribution in [0.2, 0.25) is 0 Å². The Morgan fingerprint density at radius 2 is 0.843 bits per heavy atom. The van der Waals surface area contributed by atoms with Crippen molar-refractivity contribution in [3.8, 4) is 51.0 Å². The highest BCUT2D eigenvalue weighted by molar-refractivity contribution is 6.13. The van der Waals surface area contributed by atoms with Crippen molar-refractivity contribution in [1.29, 1.82) is 0 Å². The predicted molar refractivity (Wildman–Crippen MR) is 211 cm³/mol. The fourth-order valence-corrected chi connectivity index (χ4v) is 7.40. The highest BCUT2D eigenvalue weighted by atomic mass is 15.0. The van der Waals surface area contributed by atoms with Gasteiger partial charge in [-0.3, -0.25) is 0 Å². The van der Waals surface area contributed by atoms with Gasteiger partial charge in [0.05, 0.1) is 11.0 Å². The van der Waals surface area contributed by atoms with E-state index in [1.807, 2.05) is 18.2 Å². The van der Waals surface area contributed by atoms with Crippen LogP contribution in [0.15, 0.2) is 182 Å². The predicted octanol–water partition coefficient (Wildman–Crippen LogP) is 11.9. The molecule has 10 rings (SSSR count). The summed E-state index contributed by atoms with van der Waals surface area (Å²) in [6.45, 7) is 0. The molecule has 0 saturated carbocycles. The molecule has 4 heteroatoms. The largest absolute Gasteiger partial charge is 0.309 e. The van der Waals surface area contributed by atoms with Gasteiger partial charge >= 0.3 is 0 Å². The highest BCUT2D eigenvalue weighted by Crippen LogP contribution is 2.37. The van der Waals surface area contributed by atoms with Crippen LogP contribution in [-0.4, -0.2) is 19.5 Å². The van der Waals surface area contributed by atoms with Crippen LogP contribution >= 0.6 is 0 Å². The first kappa shape index (κ1) is 29.0. The fourth-order valence-electron chi connectivity index (χ4n) is 7.40. The van der Waals surface area contributed by atoms with Crippen LogP contribution in [0.1, 0.15) is 0 Å². The number of hydrogen-bond donors (Lipinski definition) is 0. The van der Waals surface area contributed by atoms with Gasteiger partial charge in [-0.25, -0.2) is 15.0 Å². The smallest absolute Gasteiger partial charge is 0.164 e. The second kappa shape index (κ2) is 11.9. The topological polar surface area (TPSA) is 43.6 Å². The Kier molecular flexibility index (Phi) is 6.78. The Bertz CT molecular complexity index is 2890. The first-order valence-corrected chi connectivity index (χ1v) is 17.2. The molecular weight excluding hydrogens is 621 g/mol. The summed E-state index contributed by atoms with van der Waals surface area (Å²) >= 11 is 0. The van der Waals surface area contributed by atoms with E-state index >= 15 is 0 Å². The molecule has 0 saturated heterocycles. The Morgan fingerprint density at radius 3 is 1.61 bits per heavy atom. The Morgan fingerprint density at radius 1 is 0.314 bits per heavy atom. The molecule has 238 valence electrons. The van der Waals surface area contributed by atoms with Gasteiger partial charge in [0, 0.05) is 33.2 Å². The first-order valence-electron chi connectivity index (χ1n) is 17.2. The molecule has 0 atom stereocenters. The molecule has 0 aliphatic carbocycles. The number of benzene rings is 8. The number of fused-ring (bicyclic) bond motifs is 6. The maximum absolute atomic E-state index is 5.14. The standard InChI is InChI=1S/C47H30N4/c1-3-13-32(14-4-1)45-48-46(50-47(49-45)42-29-35-15-7-8-18-37(35)38-19-9-10-20-39(38)42)33-25-23-31(24-26-33)34-27-28-41-40-21-11-12-22-43(40)51(44(41)30-34)36-16-5-2-6-17-36/h1-30H. The van der Waals surface area contributed by atoms with Crippen LogP contribution in [-0.2, 0) is 0 Å². The molecule has 0 bridgehead atoms. The zero-order valence-corrected chi connectivity index (χ0v) is 27.6. The van der Waals surface area contributed by atoms with Crippen molar-refractivity contribution in [1.82, 2.24) is 19.5 Å². The van der Waals surface area contributed by atoms with Crippen LogP contribution in [0.4, 0.5) is 0 Å². The van der Waals surface area contributed by atoms with Gasteiger partial charge in [-0.2, -0.15) is 0 Å². The number of para-hydroxylation sites is 2. The van der Waals surface area contributed by atoms with E-state index in [-0.39, 0.29) is 0 Å². The molecule has 0 spiro atoms. The Hall–Kier alpha value is -6.91. The molecule has 0 unspecified atom stereocenters. The molecule has 0 aliphatic rings. The third-order valence-electron chi connectivity index (χ3n) is 9.84. The summed E-state index contributed by atoms with van der Waals surface area (Å²) in [5.41, 5.74) is 8.68. The normalized spacial score (nSPS) is 11.5. The molecule has 51 heavy (non-hydrogen) atoms. The third-order valence-corrected chi connectivity index (χ3v) is 9.84. The van der Waals surface area contributed by atoms with Crippen LogP contribution in [0.3, 0.4) is 0 Å². The van der Waals surface area contributed by atoms with Crippen molar-refractivity contribution in [2.45, 2.75) is 0 Å². The summed E-state index contributed by atoms with van der Waals surface area (Å²) in [5.74, 6) is 1.95. The molecule has 2 heterocycles. The van der Waals surface area contributed by atoms with E-state index in [1.54, 1.807) is 0 Å². The van der Waals surface area contributed by atoms with Crippen molar-refractivity contribution in [3.05, 3.63) is 182 Å². The molecule has 0 radical (unpaired) electrons. The fraction of sp³-hybridized carbons (Fsp3) is 0. The van der Waals surface area contributed by atoms with Crippen molar-refractivity contribution in [3.63, 3.8) is 0 Å². The number of aromatic nitrogens is 4. The van der Waals surface area contributed by atoms with Crippen molar-refractivity contribution >= 4 is 43.4 Å². The lowest BCUT2D eigenvalue weighted by atomic mass is 9.97. The van der Waals surface area contributed by atoms with Crippen LogP contribution in [0.5, 0.6) is 0 Å². The Labute approximate surface area is 295 Å². The van der Waals surface area contributed by atoms with Gasteiger partial charge in [-0.05, 0) is 63.0 Å². The average Bonchev–Trinajstić information content (AvgIpc) is 3.55. The quantitative estimate of drug-likeness (QED) is 0.174. The number of hydrogen-bond acceptors (Lipinski definition) is 3. The Balaban J connectivity index is 1.11. The van der Waals surface area contributed by atoms with E-state index in [0.29, 0.717) is 17.5 Å². The summed E-state index contributed by atoms with van der Waals surface area (Å²) in [4.78, 5) is 15.2. The van der Waals surface area contributed by atoms with E-state index in [9.17, 15) is 0 Å². The van der Waals surface area contributed by atoms with E-state index in [4.69, 9.17) is 15.0 Å². The second-order valence-corrected chi connectivity index (χ2v) is 12.9. The molecule has 0 fully saturated rings. The van der Waals surface area contributed by atoms with Crippen LogP contribution < -0.4 is 0 Å². The van der Waals surface area contributed by atoms with Crippen LogP contribution in [0.25, 0.3) is 94.3 Å². The molecule has 0 N–H and O–H groups in total. The molecule has 2 aromatic heterocycles. The summed E-state index contributed by atoms with van der Waals surface area (Å²) < 4.78 is 2.36. The summed E-state index contributed by atoms with van der Waals surface area (Å²) in [7, 11) is 0. The van der Waals surface area contributed by atoms with E-state index in [0.717, 1.165) is 44.3 Å². The summed E-state index contributed by atoms with van der Waals surface area (Å²) in [5, 5.41) is 7.15. The van der Waals surface area contributed by atoms with Crippen molar-refractivity contribution < 1.29 is 0 Å². The minimum atomic E-state index is 0.641. The third kappa shape index (κ3) is 4.96.